The maximum atomic E-state index is 12.2. The number of aromatic nitrogens is 5. The van der Waals surface area contributed by atoms with Gasteiger partial charge in [-0.3, -0.25) is 14.9 Å². The molecular formula is C16H15ClN8O3. The van der Waals surface area contributed by atoms with Crippen LogP contribution in [0.2, 0.25) is 5.02 Å². The quantitative estimate of drug-likeness (QED) is 0.464. The molecule has 0 radical (unpaired) electrons. The number of nitrogen functional groups attached to an aromatic ring is 1. The van der Waals surface area contributed by atoms with Gasteiger partial charge in [-0.2, -0.15) is 0 Å². The lowest BCUT2D eigenvalue weighted by Gasteiger charge is -2.05. The third-order valence-electron chi connectivity index (χ3n) is 3.78. The minimum Gasteiger partial charge on any atom is -0.383 e. The van der Waals surface area contributed by atoms with Crippen LogP contribution in [0.4, 0.5) is 11.5 Å². The van der Waals surface area contributed by atoms with E-state index in [0.717, 1.165) is 6.07 Å². The number of carbonyl (C=O) groups is 1. The van der Waals surface area contributed by atoms with Crippen LogP contribution in [0.15, 0.2) is 30.6 Å². The van der Waals surface area contributed by atoms with Gasteiger partial charge in [0.1, 0.15) is 17.3 Å². The Hall–Kier alpha value is -3.60. The molecule has 0 atom stereocenters. The van der Waals surface area contributed by atoms with E-state index in [4.69, 9.17) is 17.3 Å². The number of rotatable bonds is 6. The first-order valence-corrected chi connectivity index (χ1v) is 8.40. The van der Waals surface area contributed by atoms with Crippen molar-refractivity contribution in [3.05, 3.63) is 68.4 Å². The highest BCUT2D eigenvalue weighted by molar-refractivity contribution is 6.34. The van der Waals surface area contributed by atoms with Crippen LogP contribution in [0.5, 0.6) is 0 Å². The van der Waals surface area contributed by atoms with Gasteiger partial charge in [0.15, 0.2) is 0 Å². The molecule has 0 saturated heterocycles. The molecule has 12 heteroatoms. The van der Waals surface area contributed by atoms with Crippen molar-refractivity contribution < 1.29 is 9.72 Å². The first-order valence-electron chi connectivity index (χ1n) is 8.02. The number of aryl methyl sites for hydroxylation is 1. The Balaban J connectivity index is 1.62. The highest BCUT2D eigenvalue weighted by Gasteiger charge is 2.15. The molecule has 0 fully saturated rings. The molecule has 0 aliphatic carbocycles. The first-order chi connectivity index (χ1) is 13.3. The zero-order valence-corrected chi connectivity index (χ0v) is 15.4. The Morgan fingerprint density at radius 1 is 1.43 bits per heavy atom. The highest BCUT2D eigenvalue weighted by Crippen LogP contribution is 2.22. The molecule has 3 N–H and O–H groups in total. The summed E-state index contributed by atoms with van der Waals surface area (Å²) in [5.74, 6) is 0.462. The van der Waals surface area contributed by atoms with Crippen LogP contribution in [-0.2, 0) is 13.1 Å². The van der Waals surface area contributed by atoms with Gasteiger partial charge in [-0.25, -0.2) is 14.6 Å². The normalized spacial score (nSPS) is 10.6. The molecule has 2 aromatic heterocycles. The fourth-order valence-corrected chi connectivity index (χ4v) is 2.63. The summed E-state index contributed by atoms with van der Waals surface area (Å²) in [4.78, 5) is 30.6. The SMILES string of the molecule is Cc1ncc(Cn2cc(CNC(=O)c3ccc([N+](=O)[O-])cc3Cl)nn2)c(N)n1. The minimum atomic E-state index is -0.586. The van der Waals surface area contributed by atoms with Crippen molar-refractivity contribution in [2.75, 3.05) is 5.73 Å². The van der Waals surface area contributed by atoms with E-state index in [0.29, 0.717) is 29.4 Å². The van der Waals surface area contributed by atoms with Gasteiger partial charge in [0.2, 0.25) is 0 Å². The molecule has 3 rings (SSSR count). The lowest BCUT2D eigenvalue weighted by atomic mass is 10.2. The number of anilines is 1. The summed E-state index contributed by atoms with van der Waals surface area (Å²) in [6.45, 7) is 2.18. The van der Waals surface area contributed by atoms with Crippen LogP contribution in [0.25, 0.3) is 0 Å². The number of non-ortho nitro benzene ring substituents is 1. The molecule has 0 aliphatic rings. The van der Waals surface area contributed by atoms with Gasteiger partial charge in [-0.15, -0.1) is 5.10 Å². The average molecular weight is 403 g/mol. The van der Waals surface area contributed by atoms with Crippen LogP contribution in [0.1, 0.15) is 27.4 Å². The zero-order chi connectivity index (χ0) is 20.3. The van der Waals surface area contributed by atoms with E-state index >= 15 is 0 Å². The topological polar surface area (TPSA) is 155 Å². The predicted octanol–water partition coefficient (Wildman–Crippen LogP) is 1.50. The van der Waals surface area contributed by atoms with E-state index < -0.39 is 10.8 Å². The molecule has 144 valence electrons. The molecule has 1 aromatic carbocycles. The summed E-state index contributed by atoms with van der Waals surface area (Å²) in [5, 5.41) is 21.3. The van der Waals surface area contributed by atoms with Gasteiger partial charge in [-0.1, -0.05) is 16.8 Å². The van der Waals surface area contributed by atoms with Gasteiger partial charge >= 0.3 is 0 Å². The summed E-state index contributed by atoms with van der Waals surface area (Å²) in [6, 6.07) is 3.64. The number of nitrogens with two attached hydrogens (primary N) is 1. The maximum Gasteiger partial charge on any atom is 0.270 e. The molecule has 0 aliphatic heterocycles. The number of carbonyl (C=O) groups excluding carboxylic acids is 1. The van der Waals surface area contributed by atoms with Gasteiger partial charge in [-0.05, 0) is 13.0 Å². The third-order valence-corrected chi connectivity index (χ3v) is 4.09. The Labute approximate surface area is 163 Å². The minimum absolute atomic E-state index is 0.00907. The number of hydrogen-bond acceptors (Lipinski definition) is 8. The molecule has 0 bridgehead atoms. The fourth-order valence-electron chi connectivity index (χ4n) is 2.37. The maximum absolute atomic E-state index is 12.2. The van der Waals surface area contributed by atoms with Crippen LogP contribution in [0, 0.1) is 17.0 Å². The van der Waals surface area contributed by atoms with E-state index in [9.17, 15) is 14.9 Å². The molecule has 3 aromatic rings. The molecule has 0 spiro atoms. The Morgan fingerprint density at radius 3 is 2.89 bits per heavy atom. The molecule has 0 unspecified atom stereocenters. The number of amides is 1. The number of hydrogen-bond donors (Lipinski definition) is 2. The molecule has 1 amide bonds. The highest BCUT2D eigenvalue weighted by atomic mass is 35.5. The van der Waals surface area contributed by atoms with E-state index in [2.05, 4.69) is 25.6 Å². The summed E-state index contributed by atoms with van der Waals surface area (Å²) in [5.41, 5.74) is 7.01. The molecule has 28 heavy (non-hydrogen) atoms. The van der Waals surface area contributed by atoms with Gasteiger partial charge in [0, 0.05) is 23.9 Å². The Kier molecular flexibility index (Phi) is 5.45. The number of nitro benzene ring substituents is 1. The average Bonchev–Trinajstić information content (AvgIpc) is 3.09. The van der Waals surface area contributed by atoms with E-state index in [1.807, 2.05) is 0 Å². The van der Waals surface area contributed by atoms with Crippen molar-refractivity contribution in [2.45, 2.75) is 20.0 Å². The Bertz CT molecular complexity index is 1050. The number of nitrogens with one attached hydrogen (secondary N) is 1. The van der Waals surface area contributed by atoms with E-state index in [-0.39, 0.29) is 22.8 Å². The van der Waals surface area contributed by atoms with Gasteiger partial charge in [0.05, 0.1) is 34.8 Å². The number of benzene rings is 1. The molecule has 0 saturated carbocycles. The smallest absolute Gasteiger partial charge is 0.270 e. The Morgan fingerprint density at radius 2 is 2.21 bits per heavy atom. The second kappa shape index (κ2) is 7.96. The summed E-state index contributed by atoms with van der Waals surface area (Å²) >= 11 is 5.95. The van der Waals surface area contributed by atoms with Crippen molar-refractivity contribution >= 4 is 29.0 Å². The number of nitrogens with zero attached hydrogens (tertiary/aromatic N) is 6. The summed E-state index contributed by atoms with van der Waals surface area (Å²) in [7, 11) is 0. The van der Waals surface area contributed by atoms with Crippen molar-refractivity contribution in [1.82, 2.24) is 30.3 Å². The molecule has 2 heterocycles. The predicted molar refractivity (Wildman–Crippen MR) is 99.6 cm³/mol. The van der Waals surface area contributed by atoms with E-state index in [1.165, 1.54) is 12.1 Å². The monoisotopic (exact) mass is 402 g/mol. The molecule has 11 nitrogen and oxygen atoms in total. The lowest BCUT2D eigenvalue weighted by Crippen LogP contribution is -2.23. The van der Waals surface area contributed by atoms with Gasteiger partial charge < -0.3 is 11.1 Å². The van der Waals surface area contributed by atoms with Crippen molar-refractivity contribution in [3.8, 4) is 0 Å². The second-order valence-electron chi connectivity index (χ2n) is 5.84. The van der Waals surface area contributed by atoms with E-state index in [1.54, 1.807) is 24.0 Å². The number of nitro groups is 1. The summed E-state index contributed by atoms with van der Waals surface area (Å²) < 4.78 is 1.55. The van der Waals surface area contributed by atoms with Crippen molar-refractivity contribution in [3.63, 3.8) is 0 Å². The van der Waals surface area contributed by atoms with Crippen LogP contribution in [0.3, 0.4) is 0 Å². The first kappa shape index (κ1) is 19.2. The van der Waals surface area contributed by atoms with Crippen molar-refractivity contribution in [1.29, 1.82) is 0 Å². The zero-order valence-electron chi connectivity index (χ0n) is 14.7. The van der Waals surface area contributed by atoms with Gasteiger partial charge in [0.25, 0.3) is 11.6 Å². The standard InChI is InChI=1S/C16H15ClN8O3/c1-9-19-5-10(15(18)21-9)7-24-8-11(22-23-24)6-20-16(26)13-3-2-12(25(27)28)4-14(13)17/h2-5,8H,6-7H2,1H3,(H,20,26)(H2,18,19,21). The number of halogens is 1. The fraction of sp³-hybridized carbons (Fsp3) is 0.188. The van der Waals surface area contributed by atoms with Crippen LogP contribution >= 0.6 is 11.6 Å². The molecular weight excluding hydrogens is 388 g/mol. The second-order valence-corrected chi connectivity index (χ2v) is 6.25. The van der Waals surface area contributed by atoms with Crippen LogP contribution in [-0.4, -0.2) is 35.8 Å². The van der Waals surface area contributed by atoms with Crippen LogP contribution < -0.4 is 11.1 Å². The summed E-state index contributed by atoms with van der Waals surface area (Å²) in [6.07, 6.45) is 3.27. The largest absolute Gasteiger partial charge is 0.383 e. The van der Waals surface area contributed by atoms with Crippen molar-refractivity contribution in [2.24, 2.45) is 0 Å². The lowest BCUT2D eigenvalue weighted by molar-refractivity contribution is -0.384. The third kappa shape index (κ3) is 4.38.